The van der Waals surface area contributed by atoms with Gasteiger partial charge >= 0.3 is 5.97 Å². The number of nitrogens with one attached hydrogen (secondary N) is 5. The molecule has 20 nitrogen and oxygen atoms in total. The maximum atomic E-state index is 13.7. The molecule has 0 bridgehead atoms. The van der Waals surface area contributed by atoms with Gasteiger partial charge in [0.05, 0.1) is 19.8 Å². The Balaban J connectivity index is 3.16. The number of aliphatic carboxylic acids is 1. The number of carbonyl (C=O) groups is 7. The standard InChI is InChI=1S/C29H49N9O11/c1-6-8-17(23(43)36-20(14(2)3)25(45)35-18(11-39)27(47)48)34-24(44)19-9-7-10-32-38(19)26(46)21(15(4)30)37-22(42)16(5)33-28(49)29(31,12-40)13-41/h10,15-19,21,39-41H,6-9,11-13,30-31H2,1-5H3,(H,33,49)(H,34,44)(H,35,45)(H,36,43)(H,37,42)(H,47,48). The highest BCUT2D eigenvalue weighted by molar-refractivity contribution is 6.02. The lowest BCUT2D eigenvalue weighted by Gasteiger charge is -2.34. The van der Waals surface area contributed by atoms with Gasteiger partial charge in [0.25, 0.3) is 11.8 Å². The van der Waals surface area contributed by atoms with Crippen LogP contribution in [0.4, 0.5) is 0 Å². The summed E-state index contributed by atoms with van der Waals surface area (Å²) in [5.74, 6) is -6.85. The SMILES string of the molecule is CCCC(NC(=O)C1CCC=NN1C(=O)C(NC(=O)C(C)NC(=O)C(N)(CO)CO)C(C)N)C(=O)NC(C(=O)NC(CO)C(=O)O)=C(C)C. The molecule has 1 heterocycles. The number of carbonyl (C=O) groups excluding carboxylic acids is 6. The van der Waals surface area contributed by atoms with Crippen molar-refractivity contribution in [3.05, 3.63) is 11.3 Å². The first kappa shape index (κ1) is 42.5. The van der Waals surface area contributed by atoms with Crippen LogP contribution in [0.3, 0.4) is 0 Å². The molecule has 6 amide bonds. The van der Waals surface area contributed by atoms with E-state index in [0.29, 0.717) is 12.0 Å². The van der Waals surface area contributed by atoms with Crippen LogP contribution >= 0.6 is 0 Å². The average molecular weight is 700 g/mol. The molecule has 0 aromatic rings. The van der Waals surface area contributed by atoms with Gasteiger partial charge in [-0.15, -0.1) is 0 Å². The van der Waals surface area contributed by atoms with Crippen molar-refractivity contribution in [1.82, 2.24) is 31.6 Å². The van der Waals surface area contributed by atoms with E-state index in [0.717, 1.165) is 5.01 Å². The van der Waals surface area contributed by atoms with E-state index in [2.05, 4.69) is 31.7 Å². The molecule has 0 aliphatic carbocycles. The number of carboxylic acid groups (broad SMARTS) is 1. The molecular weight excluding hydrogens is 650 g/mol. The highest BCUT2D eigenvalue weighted by atomic mass is 16.4. The number of nitrogens with two attached hydrogens (primary N) is 2. The minimum absolute atomic E-state index is 0.0773. The summed E-state index contributed by atoms with van der Waals surface area (Å²) in [7, 11) is 0. The number of allylic oxidation sites excluding steroid dienone is 1. The minimum Gasteiger partial charge on any atom is -0.480 e. The third kappa shape index (κ3) is 11.9. The van der Waals surface area contributed by atoms with Crippen molar-refractivity contribution in [3.8, 4) is 0 Å². The zero-order chi connectivity index (χ0) is 37.6. The van der Waals surface area contributed by atoms with Crippen LogP contribution in [0.15, 0.2) is 16.4 Å². The number of hydrazone groups is 1. The summed E-state index contributed by atoms with van der Waals surface area (Å²) in [4.78, 5) is 89.8. The first-order valence-electron chi connectivity index (χ1n) is 15.5. The smallest absolute Gasteiger partial charge is 0.328 e. The van der Waals surface area contributed by atoms with Crippen LogP contribution in [0.1, 0.15) is 60.3 Å². The summed E-state index contributed by atoms with van der Waals surface area (Å²) >= 11 is 0. The van der Waals surface area contributed by atoms with Crippen molar-refractivity contribution in [2.75, 3.05) is 19.8 Å². The van der Waals surface area contributed by atoms with Gasteiger partial charge in [-0.2, -0.15) is 5.10 Å². The molecule has 6 unspecified atom stereocenters. The number of nitrogens with zero attached hydrogens (tertiary/aromatic N) is 2. The molecule has 13 N–H and O–H groups in total. The summed E-state index contributed by atoms with van der Waals surface area (Å²) in [6.45, 7) is 4.66. The number of carboxylic acids is 1. The fourth-order valence-corrected chi connectivity index (χ4v) is 4.33. The van der Waals surface area contributed by atoms with E-state index in [1.807, 2.05) is 0 Å². The predicted molar refractivity (Wildman–Crippen MR) is 173 cm³/mol. The zero-order valence-corrected chi connectivity index (χ0v) is 28.2. The van der Waals surface area contributed by atoms with E-state index in [1.165, 1.54) is 33.9 Å². The Bertz CT molecular complexity index is 1300. The van der Waals surface area contributed by atoms with Crippen LogP contribution in [0.25, 0.3) is 0 Å². The number of aliphatic hydroxyl groups excluding tert-OH is 3. The van der Waals surface area contributed by atoms with Gasteiger partial charge in [0, 0.05) is 12.3 Å². The summed E-state index contributed by atoms with van der Waals surface area (Å²) in [6.07, 6.45) is 2.24. The molecule has 0 radical (unpaired) electrons. The molecule has 0 saturated carbocycles. The molecule has 6 atom stereocenters. The van der Waals surface area contributed by atoms with Crippen molar-refractivity contribution < 1.29 is 54.0 Å². The Morgan fingerprint density at radius 2 is 1.57 bits per heavy atom. The van der Waals surface area contributed by atoms with Gasteiger partial charge in [0.2, 0.25) is 23.6 Å². The lowest BCUT2D eigenvalue weighted by Crippen LogP contribution is -2.64. The third-order valence-electron chi connectivity index (χ3n) is 7.42. The normalized spacial score (nSPS) is 17.3. The van der Waals surface area contributed by atoms with E-state index in [-0.39, 0.29) is 25.0 Å². The number of aliphatic hydroxyl groups is 3. The summed E-state index contributed by atoms with van der Waals surface area (Å²) in [6, 6.07) is -7.86. The van der Waals surface area contributed by atoms with Crippen molar-refractivity contribution >= 4 is 47.6 Å². The minimum atomic E-state index is -2.07. The summed E-state index contributed by atoms with van der Waals surface area (Å²) < 4.78 is 0. The van der Waals surface area contributed by atoms with Gasteiger partial charge < -0.3 is 58.5 Å². The van der Waals surface area contributed by atoms with E-state index < -0.39 is 103 Å². The van der Waals surface area contributed by atoms with Gasteiger partial charge in [0.15, 0.2) is 6.04 Å². The lowest BCUT2D eigenvalue weighted by atomic mass is 10.0. The predicted octanol–water partition coefficient (Wildman–Crippen LogP) is -4.76. The second-order valence-electron chi connectivity index (χ2n) is 11.8. The lowest BCUT2D eigenvalue weighted by molar-refractivity contribution is -0.145. The highest BCUT2D eigenvalue weighted by Crippen LogP contribution is 2.16. The Morgan fingerprint density at radius 1 is 0.959 bits per heavy atom. The Labute approximate surface area is 283 Å². The number of amides is 6. The second kappa shape index (κ2) is 19.5. The Kier molecular flexibility index (Phi) is 16.9. The average Bonchev–Trinajstić information content (AvgIpc) is 3.06. The molecule has 276 valence electrons. The van der Waals surface area contributed by atoms with Crippen molar-refractivity contribution in [1.29, 1.82) is 0 Å². The molecule has 0 aromatic heterocycles. The molecule has 0 saturated heterocycles. The van der Waals surface area contributed by atoms with E-state index >= 15 is 0 Å². The number of rotatable bonds is 18. The van der Waals surface area contributed by atoms with Gasteiger partial charge in [-0.25, -0.2) is 9.80 Å². The highest BCUT2D eigenvalue weighted by Gasteiger charge is 2.40. The zero-order valence-electron chi connectivity index (χ0n) is 28.2. The van der Waals surface area contributed by atoms with Gasteiger partial charge in [-0.05, 0) is 52.5 Å². The molecular formula is C29H49N9O11. The maximum absolute atomic E-state index is 13.7. The van der Waals surface area contributed by atoms with Gasteiger partial charge in [0.1, 0.15) is 35.4 Å². The first-order chi connectivity index (χ1) is 22.9. The molecule has 20 heteroatoms. The van der Waals surface area contributed by atoms with Crippen molar-refractivity contribution in [3.63, 3.8) is 0 Å². The van der Waals surface area contributed by atoms with E-state index in [9.17, 15) is 48.9 Å². The molecule has 0 fully saturated rings. The number of hydrogen-bond donors (Lipinski definition) is 11. The van der Waals surface area contributed by atoms with Crippen molar-refractivity contribution in [2.24, 2.45) is 16.6 Å². The Hall–Kier alpha value is -4.50. The van der Waals surface area contributed by atoms with Crippen LogP contribution in [0.2, 0.25) is 0 Å². The largest absolute Gasteiger partial charge is 0.480 e. The topological polar surface area (TPSA) is 328 Å². The maximum Gasteiger partial charge on any atom is 0.328 e. The molecule has 1 rings (SSSR count). The molecule has 0 spiro atoms. The molecule has 49 heavy (non-hydrogen) atoms. The quantitative estimate of drug-likeness (QED) is 0.0600. The fourth-order valence-electron chi connectivity index (χ4n) is 4.33. The monoisotopic (exact) mass is 699 g/mol. The fraction of sp³-hybridized carbons (Fsp3) is 0.655. The van der Waals surface area contributed by atoms with Crippen LogP contribution in [-0.4, -0.2) is 135 Å². The Morgan fingerprint density at radius 3 is 2.06 bits per heavy atom. The summed E-state index contributed by atoms with van der Waals surface area (Å²) in [5, 5.41) is 53.7. The van der Waals surface area contributed by atoms with Gasteiger partial charge in [-0.3, -0.25) is 28.8 Å². The van der Waals surface area contributed by atoms with Crippen LogP contribution in [-0.2, 0) is 33.6 Å². The van der Waals surface area contributed by atoms with Crippen LogP contribution in [0.5, 0.6) is 0 Å². The third-order valence-corrected chi connectivity index (χ3v) is 7.42. The van der Waals surface area contributed by atoms with Crippen LogP contribution in [0, 0.1) is 0 Å². The van der Waals surface area contributed by atoms with Crippen molar-refractivity contribution in [2.45, 2.75) is 102 Å². The molecule has 0 aromatic carbocycles. The second-order valence-corrected chi connectivity index (χ2v) is 11.8. The molecule has 1 aliphatic heterocycles. The van der Waals surface area contributed by atoms with E-state index in [1.54, 1.807) is 6.92 Å². The van der Waals surface area contributed by atoms with Gasteiger partial charge in [-0.1, -0.05) is 13.3 Å². The first-order valence-corrected chi connectivity index (χ1v) is 15.5. The summed E-state index contributed by atoms with van der Waals surface area (Å²) in [5.41, 5.74) is 9.59. The molecule has 1 aliphatic rings. The van der Waals surface area contributed by atoms with Crippen LogP contribution < -0.4 is 38.1 Å². The number of hydrogen-bond acceptors (Lipinski definition) is 13. The van der Waals surface area contributed by atoms with E-state index in [4.69, 9.17) is 16.6 Å².